The van der Waals surface area contributed by atoms with E-state index in [1.165, 1.54) is 37.1 Å². The number of hydrogen-bond donors (Lipinski definition) is 0. The van der Waals surface area contributed by atoms with E-state index in [2.05, 4.69) is 4.74 Å². The van der Waals surface area contributed by atoms with Gasteiger partial charge in [-0.05, 0) is 55.1 Å². The van der Waals surface area contributed by atoms with Gasteiger partial charge in [0.15, 0.2) is 0 Å². The number of methoxy groups -OCH3 is 1. The Morgan fingerprint density at radius 1 is 1.20 bits per heavy atom. The van der Waals surface area contributed by atoms with Crippen LogP contribution in [0.2, 0.25) is 5.02 Å². The Morgan fingerprint density at radius 2 is 1.84 bits per heavy atom. The molecule has 0 bridgehead atoms. The lowest BCUT2D eigenvalue weighted by Gasteiger charge is -2.24. The van der Waals surface area contributed by atoms with E-state index in [9.17, 15) is 13.2 Å². The third kappa shape index (κ3) is 4.48. The van der Waals surface area contributed by atoms with Gasteiger partial charge in [-0.15, -0.1) is 11.8 Å². The van der Waals surface area contributed by atoms with Crippen LogP contribution in [-0.4, -0.2) is 34.3 Å². The molecule has 0 aromatic heterocycles. The summed E-state index contributed by atoms with van der Waals surface area (Å²) < 4.78 is 31.7. The molecule has 8 heteroatoms. The van der Waals surface area contributed by atoms with Crippen LogP contribution in [0.25, 0.3) is 0 Å². The number of sulfonamides is 1. The molecule has 2 rings (SSSR count). The normalized spacial score (nSPS) is 11.2. The van der Waals surface area contributed by atoms with E-state index in [4.69, 9.17) is 11.6 Å². The van der Waals surface area contributed by atoms with Gasteiger partial charge in [0, 0.05) is 9.92 Å². The van der Waals surface area contributed by atoms with Gasteiger partial charge in [0.2, 0.25) is 0 Å². The summed E-state index contributed by atoms with van der Waals surface area (Å²) in [5.74, 6) is -0.666. The predicted molar refractivity (Wildman–Crippen MR) is 101 cm³/mol. The van der Waals surface area contributed by atoms with Crippen molar-refractivity contribution in [3.63, 3.8) is 0 Å². The molecular weight excluding hydrogens is 382 g/mol. The fraction of sp³-hybridized carbons (Fsp3) is 0.235. The van der Waals surface area contributed by atoms with Crippen LogP contribution < -0.4 is 4.31 Å². The monoisotopic (exact) mass is 399 g/mol. The van der Waals surface area contributed by atoms with Gasteiger partial charge in [-0.1, -0.05) is 17.7 Å². The lowest BCUT2D eigenvalue weighted by molar-refractivity contribution is -0.138. The molecule has 0 radical (unpaired) electrons. The largest absolute Gasteiger partial charge is 0.468 e. The third-order valence-electron chi connectivity index (χ3n) is 3.59. The van der Waals surface area contributed by atoms with Gasteiger partial charge < -0.3 is 4.74 Å². The average molecular weight is 400 g/mol. The number of thioether (sulfide) groups is 1. The number of esters is 1. The summed E-state index contributed by atoms with van der Waals surface area (Å²) in [5, 5.41) is 0.417. The minimum Gasteiger partial charge on any atom is -0.468 e. The number of anilines is 1. The highest BCUT2D eigenvalue weighted by atomic mass is 35.5. The van der Waals surface area contributed by atoms with Crippen LogP contribution in [0.3, 0.4) is 0 Å². The Balaban J connectivity index is 2.52. The second kappa shape index (κ2) is 8.12. The van der Waals surface area contributed by atoms with Crippen LogP contribution in [-0.2, 0) is 19.6 Å². The minimum absolute atomic E-state index is 0.0888. The summed E-state index contributed by atoms with van der Waals surface area (Å²) in [7, 11) is -2.74. The number of aryl methyl sites for hydroxylation is 1. The lowest BCUT2D eigenvalue weighted by atomic mass is 10.2. The van der Waals surface area contributed by atoms with Gasteiger partial charge in [-0.3, -0.25) is 9.10 Å². The number of benzene rings is 2. The molecule has 0 spiro atoms. The summed E-state index contributed by atoms with van der Waals surface area (Å²) in [6, 6.07) is 11.3. The molecule has 0 heterocycles. The number of ether oxygens (including phenoxy) is 1. The van der Waals surface area contributed by atoms with Gasteiger partial charge in [0.05, 0.1) is 17.7 Å². The second-order valence-corrected chi connectivity index (χ2v) is 8.35. The molecule has 0 atom stereocenters. The number of carbonyl (C=O) groups is 1. The van der Waals surface area contributed by atoms with Crippen LogP contribution in [0.15, 0.2) is 52.3 Å². The van der Waals surface area contributed by atoms with Gasteiger partial charge in [-0.25, -0.2) is 8.42 Å². The van der Waals surface area contributed by atoms with Crippen LogP contribution in [0.1, 0.15) is 5.56 Å². The SMILES string of the molecule is COC(=O)CN(c1ccc(C)c(Cl)c1)S(=O)(=O)c1ccc(SC)cc1. The van der Waals surface area contributed by atoms with Crippen molar-refractivity contribution < 1.29 is 17.9 Å². The van der Waals surface area contributed by atoms with E-state index in [0.717, 1.165) is 14.8 Å². The maximum absolute atomic E-state index is 13.0. The summed E-state index contributed by atoms with van der Waals surface area (Å²) >= 11 is 7.63. The zero-order chi connectivity index (χ0) is 18.6. The second-order valence-electron chi connectivity index (χ2n) is 5.20. The van der Waals surface area contributed by atoms with E-state index in [1.54, 1.807) is 24.3 Å². The molecule has 0 amide bonds. The number of rotatable bonds is 6. The first-order valence-electron chi connectivity index (χ1n) is 7.29. The summed E-state index contributed by atoms with van der Waals surface area (Å²) in [5.41, 5.74) is 1.11. The first-order valence-corrected chi connectivity index (χ1v) is 10.3. The Kier molecular flexibility index (Phi) is 6.37. The Labute approximate surface area is 157 Å². The van der Waals surface area contributed by atoms with E-state index < -0.39 is 22.5 Å². The molecule has 0 aliphatic rings. The fourth-order valence-corrected chi connectivity index (χ4v) is 4.09. The van der Waals surface area contributed by atoms with E-state index in [-0.39, 0.29) is 4.90 Å². The van der Waals surface area contributed by atoms with E-state index in [0.29, 0.717) is 10.7 Å². The number of halogens is 1. The highest BCUT2D eigenvalue weighted by Crippen LogP contribution is 2.28. The van der Waals surface area contributed by atoms with Crippen molar-refractivity contribution in [3.8, 4) is 0 Å². The maximum atomic E-state index is 13.0. The van der Waals surface area contributed by atoms with Crippen molar-refractivity contribution in [1.82, 2.24) is 0 Å². The van der Waals surface area contributed by atoms with Crippen LogP contribution >= 0.6 is 23.4 Å². The van der Waals surface area contributed by atoms with Crippen molar-refractivity contribution in [2.75, 3.05) is 24.2 Å². The van der Waals surface area contributed by atoms with Crippen molar-refractivity contribution in [2.45, 2.75) is 16.7 Å². The lowest BCUT2D eigenvalue weighted by Crippen LogP contribution is -2.36. The molecule has 0 saturated carbocycles. The number of carbonyl (C=O) groups excluding carboxylic acids is 1. The predicted octanol–water partition coefficient (Wildman–Crippen LogP) is 3.74. The molecule has 2 aromatic rings. The van der Waals surface area contributed by atoms with Gasteiger partial charge in [-0.2, -0.15) is 0 Å². The molecule has 5 nitrogen and oxygen atoms in total. The first kappa shape index (κ1) is 19.6. The molecule has 0 aliphatic carbocycles. The molecule has 134 valence electrons. The quantitative estimate of drug-likeness (QED) is 0.547. The van der Waals surface area contributed by atoms with Crippen molar-refractivity contribution in [3.05, 3.63) is 53.1 Å². The molecule has 0 unspecified atom stereocenters. The summed E-state index contributed by atoms with van der Waals surface area (Å²) in [6.45, 7) is 1.37. The number of hydrogen-bond acceptors (Lipinski definition) is 5. The van der Waals surface area contributed by atoms with Crippen LogP contribution in [0.5, 0.6) is 0 Å². The van der Waals surface area contributed by atoms with Crippen molar-refractivity contribution in [2.24, 2.45) is 0 Å². The molecule has 2 aromatic carbocycles. The Morgan fingerprint density at radius 3 is 2.36 bits per heavy atom. The first-order chi connectivity index (χ1) is 11.8. The van der Waals surface area contributed by atoms with E-state index in [1.807, 2.05) is 13.2 Å². The highest BCUT2D eigenvalue weighted by molar-refractivity contribution is 7.98. The maximum Gasteiger partial charge on any atom is 0.326 e. The van der Waals surface area contributed by atoms with Crippen LogP contribution in [0, 0.1) is 6.92 Å². The molecular formula is C17H18ClNO4S2. The molecule has 0 fully saturated rings. The highest BCUT2D eigenvalue weighted by Gasteiger charge is 2.28. The van der Waals surface area contributed by atoms with Crippen molar-refractivity contribution >= 4 is 45.0 Å². The van der Waals surface area contributed by atoms with E-state index >= 15 is 0 Å². The van der Waals surface area contributed by atoms with Gasteiger partial charge in [0.1, 0.15) is 6.54 Å². The molecule has 0 aliphatic heterocycles. The van der Waals surface area contributed by atoms with Gasteiger partial charge in [0.25, 0.3) is 10.0 Å². The minimum atomic E-state index is -3.95. The number of nitrogens with zero attached hydrogens (tertiary/aromatic N) is 1. The smallest absolute Gasteiger partial charge is 0.326 e. The standard InChI is InChI=1S/C17H18ClNO4S2/c1-12-4-5-13(10-16(12)18)19(11-17(20)23-2)25(21,22)15-8-6-14(24-3)7-9-15/h4-10H,11H2,1-3H3. The topological polar surface area (TPSA) is 63.7 Å². The average Bonchev–Trinajstić information content (AvgIpc) is 2.61. The Bertz CT molecular complexity index is 867. The fourth-order valence-electron chi connectivity index (χ4n) is 2.11. The Hall–Kier alpha value is -1.70. The zero-order valence-corrected chi connectivity index (χ0v) is 16.4. The summed E-state index contributed by atoms with van der Waals surface area (Å²) in [4.78, 5) is 12.8. The van der Waals surface area contributed by atoms with Crippen molar-refractivity contribution in [1.29, 1.82) is 0 Å². The molecule has 0 saturated heterocycles. The third-order valence-corrected chi connectivity index (χ3v) is 6.53. The summed E-state index contributed by atoms with van der Waals surface area (Å²) in [6.07, 6.45) is 1.90. The molecule has 25 heavy (non-hydrogen) atoms. The van der Waals surface area contributed by atoms with Crippen LogP contribution in [0.4, 0.5) is 5.69 Å². The molecule has 0 N–H and O–H groups in total. The van der Waals surface area contributed by atoms with Gasteiger partial charge >= 0.3 is 5.97 Å². The zero-order valence-electron chi connectivity index (χ0n) is 14.0.